The molecule has 2 aromatic rings. The number of nitrogens with zero attached hydrogens (tertiary/aromatic N) is 4. The van der Waals surface area contributed by atoms with E-state index in [2.05, 4.69) is 9.97 Å². The lowest BCUT2D eigenvalue weighted by Gasteiger charge is -2.25. The fourth-order valence-corrected chi connectivity index (χ4v) is 4.19. The smallest absolute Gasteiger partial charge is 0.267 e. The van der Waals surface area contributed by atoms with E-state index in [1.807, 2.05) is 18.2 Å². The van der Waals surface area contributed by atoms with Gasteiger partial charge in [-0.05, 0) is 18.6 Å². The molecule has 1 saturated heterocycles. The predicted molar refractivity (Wildman–Crippen MR) is 97.1 cm³/mol. The summed E-state index contributed by atoms with van der Waals surface area (Å²) in [6.45, 7) is 2.88. The van der Waals surface area contributed by atoms with Gasteiger partial charge in [-0.25, -0.2) is 4.98 Å². The maximum Gasteiger partial charge on any atom is 0.267 e. The molecule has 0 spiro atoms. The molecule has 2 aromatic heterocycles. The Morgan fingerprint density at radius 3 is 3.08 bits per heavy atom. The van der Waals surface area contributed by atoms with Crippen molar-refractivity contribution in [2.24, 2.45) is 5.92 Å². The number of carbonyl (C=O) groups excluding carboxylic acids is 1. The Balaban J connectivity index is 1.62. The van der Waals surface area contributed by atoms with Crippen LogP contribution < -0.4 is 5.56 Å². The number of amides is 1. The van der Waals surface area contributed by atoms with Crippen LogP contribution in [-0.4, -0.2) is 50.9 Å². The average Bonchev–Trinajstić information content (AvgIpc) is 3.34. The van der Waals surface area contributed by atoms with Crippen LogP contribution in [-0.2, 0) is 17.8 Å². The second kappa shape index (κ2) is 7.59. The van der Waals surface area contributed by atoms with E-state index in [0.29, 0.717) is 31.4 Å². The number of rotatable bonds is 5. The van der Waals surface area contributed by atoms with E-state index in [4.69, 9.17) is 4.74 Å². The Hall–Kier alpha value is -2.19. The number of thioether (sulfide) groups is 1. The summed E-state index contributed by atoms with van der Waals surface area (Å²) in [5.41, 5.74) is 0.675. The summed E-state index contributed by atoms with van der Waals surface area (Å²) < 4.78 is 7.04. The predicted octanol–water partition coefficient (Wildman–Crippen LogP) is 1.42. The van der Waals surface area contributed by atoms with Crippen molar-refractivity contribution in [1.29, 1.82) is 0 Å². The van der Waals surface area contributed by atoms with Crippen molar-refractivity contribution in [1.82, 2.24) is 19.4 Å². The topological polar surface area (TPSA) is 77.3 Å². The maximum absolute atomic E-state index is 13.2. The molecule has 0 N–H and O–H groups in total. The van der Waals surface area contributed by atoms with Crippen molar-refractivity contribution in [2.75, 3.05) is 25.5 Å². The highest BCUT2D eigenvalue weighted by Crippen LogP contribution is 2.21. The van der Waals surface area contributed by atoms with Crippen LogP contribution in [0.5, 0.6) is 0 Å². The monoisotopic (exact) mass is 372 g/mol. The van der Waals surface area contributed by atoms with Gasteiger partial charge in [0.1, 0.15) is 5.56 Å². The fraction of sp³-hybridized carbons (Fsp3) is 0.444. The number of aromatic nitrogens is 3. The molecule has 2 aliphatic heterocycles. The third kappa shape index (κ3) is 3.52. The number of ether oxygens (including phenoxy) is 1. The van der Waals surface area contributed by atoms with Gasteiger partial charge in [-0.15, -0.1) is 0 Å². The Kier molecular flexibility index (Phi) is 5.03. The number of hydrogen-bond acceptors (Lipinski definition) is 6. The van der Waals surface area contributed by atoms with Crippen LogP contribution in [0, 0.1) is 5.92 Å². The highest BCUT2D eigenvalue weighted by atomic mass is 32.2. The molecular formula is C18H20N4O3S. The summed E-state index contributed by atoms with van der Waals surface area (Å²) in [5.74, 6) is 0.812. The van der Waals surface area contributed by atoms with Crippen molar-refractivity contribution in [3.63, 3.8) is 0 Å². The molecule has 0 bridgehead atoms. The zero-order chi connectivity index (χ0) is 17.9. The van der Waals surface area contributed by atoms with Crippen LogP contribution in [0.1, 0.15) is 22.5 Å². The second-order valence-corrected chi connectivity index (χ2v) is 7.56. The molecule has 1 unspecified atom stereocenters. The summed E-state index contributed by atoms with van der Waals surface area (Å²) in [6, 6.07) is 5.62. The largest absolute Gasteiger partial charge is 0.381 e. The van der Waals surface area contributed by atoms with Gasteiger partial charge in [0.25, 0.3) is 11.5 Å². The van der Waals surface area contributed by atoms with Crippen molar-refractivity contribution < 1.29 is 9.53 Å². The summed E-state index contributed by atoms with van der Waals surface area (Å²) in [7, 11) is 0. The van der Waals surface area contributed by atoms with Crippen LogP contribution >= 0.6 is 11.8 Å². The van der Waals surface area contributed by atoms with Crippen molar-refractivity contribution in [3.05, 3.63) is 52.2 Å². The minimum absolute atomic E-state index is 0.131. The van der Waals surface area contributed by atoms with Crippen LogP contribution in [0.4, 0.5) is 0 Å². The first-order chi connectivity index (χ1) is 12.7. The Bertz CT molecular complexity index is 849. The van der Waals surface area contributed by atoms with Gasteiger partial charge < -0.3 is 9.64 Å². The van der Waals surface area contributed by atoms with Crippen molar-refractivity contribution in [2.45, 2.75) is 24.7 Å². The van der Waals surface area contributed by atoms with Crippen LogP contribution in [0.2, 0.25) is 0 Å². The zero-order valence-corrected chi connectivity index (χ0v) is 15.2. The Morgan fingerprint density at radius 2 is 2.31 bits per heavy atom. The molecule has 0 aromatic carbocycles. The fourth-order valence-electron chi connectivity index (χ4n) is 3.28. The van der Waals surface area contributed by atoms with Crippen LogP contribution in [0.25, 0.3) is 0 Å². The Labute approximate surface area is 155 Å². The third-order valence-corrected chi connectivity index (χ3v) is 5.63. The van der Waals surface area contributed by atoms with Gasteiger partial charge in [0, 0.05) is 43.8 Å². The van der Waals surface area contributed by atoms with Crippen LogP contribution in [0.3, 0.4) is 0 Å². The molecule has 0 radical (unpaired) electrons. The van der Waals surface area contributed by atoms with E-state index in [1.165, 1.54) is 6.20 Å². The first kappa shape index (κ1) is 17.2. The van der Waals surface area contributed by atoms with Gasteiger partial charge >= 0.3 is 0 Å². The van der Waals surface area contributed by atoms with Gasteiger partial charge in [0.2, 0.25) is 0 Å². The molecular weight excluding hydrogens is 352 g/mol. The average molecular weight is 372 g/mol. The van der Waals surface area contributed by atoms with E-state index in [1.54, 1.807) is 27.4 Å². The third-order valence-electron chi connectivity index (χ3n) is 4.66. The summed E-state index contributed by atoms with van der Waals surface area (Å²) in [4.78, 5) is 36.2. The number of hydrogen-bond donors (Lipinski definition) is 0. The first-order valence-corrected chi connectivity index (χ1v) is 9.70. The molecule has 2 aliphatic rings. The highest BCUT2D eigenvalue weighted by molar-refractivity contribution is 7.99. The number of carbonyl (C=O) groups is 1. The van der Waals surface area contributed by atoms with Gasteiger partial charge in [0.15, 0.2) is 5.16 Å². The van der Waals surface area contributed by atoms with Gasteiger partial charge in [-0.1, -0.05) is 17.8 Å². The second-order valence-electron chi connectivity index (χ2n) is 6.50. The molecule has 1 fully saturated rings. The van der Waals surface area contributed by atoms with Crippen molar-refractivity contribution in [3.8, 4) is 0 Å². The quantitative estimate of drug-likeness (QED) is 0.739. The molecule has 26 heavy (non-hydrogen) atoms. The number of pyridine rings is 1. The maximum atomic E-state index is 13.2. The van der Waals surface area contributed by atoms with Crippen LogP contribution in [0.15, 0.2) is 40.5 Å². The molecule has 136 valence electrons. The normalized spacial score (nSPS) is 18.7. The van der Waals surface area contributed by atoms with E-state index in [-0.39, 0.29) is 22.9 Å². The molecule has 0 aliphatic carbocycles. The molecule has 0 saturated carbocycles. The SMILES string of the molecule is O=C(c1cnc2n(c1=O)CCS2)N(Cc1ccccn1)CC1CCOC1. The molecule has 4 heterocycles. The molecule has 4 rings (SSSR count). The lowest BCUT2D eigenvalue weighted by Crippen LogP contribution is -2.39. The minimum Gasteiger partial charge on any atom is -0.381 e. The van der Waals surface area contributed by atoms with Gasteiger partial charge in [0.05, 0.1) is 18.8 Å². The van der Waals surface area contributed by atoms with Crippen molar-refractivity contribution >= 4 is 17.7 Å². The zero-order valence-electron chi connectivity index (χ0n) is 14.3. The van der Waals surface area contributed by atoms with Gasteiger partial charge in [-0.3, -0.25) is 19.1 Å². The van der Waals surface area contributed by atoms with E-state index in [9.17, 15) is 9.59 Å². The highest BCUT2D eigenvalue weighted by Gasteiger charge is 2.27. The lowest BCUT2D eigenvalue weighted by atomic mass is 10.1. The van der Waals surface area contributed by atoms with Gasteiger partial charge in [-0.2, -0.15) is 0 Å². The molecule has 1 amide bonds. The summed E-state index contributed by atoms with van der Waals surface area (Å²) in [6.07, 6.45) is 4.05. The van der Waals surface area contributed by atoms with E-state index >= 15 is 0 Å². The first-order valence-electron chi connectivity index (χ1n) is 8.72. The molecule has 7 nitrogen and oxygen atoms in total. The molecule has 1 atom stereocenters. The standard InChI is InChI=1S/C18H20N4O3S/c23-16(15-9-20-18-22(17(15)24)6-8-26-18)21(10-13-4-7-25-12-13)11-14-3-1-2-5-19-14/h1-3,5,9,13H,4,6-8,10-12H2. The number of fused-ring (bicyclic) bond motifs is 1. The summed E-state index contributed by atoms with van der Waals surface area (Å²) >= 11 is 1.54. The van der Waals surface area contributed by atoms with E-state index < -0.39 is 0 Å². The Morgan fingerprint density at radius 1 is 1.38 bits per heavy atom. The molecule has 8 heteroatoms. The lowest BCUT2D eigenvalue weighted by molar-refractivity contribution is 0.0700. The van der Waals surface area contributed by atoms with E-state index in [0.717, 1.165) is 24.5 Å². The minimum atomic E-state index is -0.285. The summed E-state index contributed by atoms with van der Waals surface area (Å²) in [5, 5.41) is 0.687.